The van der Waals surface area contributed by atoms with Gasteiger partial charge in [0.25, 0.3) is 5.22 Å². The first-order chi connectivity index (χ1) is 11.5. The highest BCUT2D eigenvalue weighted by Gasteiger charge is 2.25. The molecule has 1 aliphatic heterocycles. The van der Waals surface area contributed by atoms with Crippen molar-refractivity contribution in [3.63, 3.8) is 0 Å². The number of aryl methyl sites for hydroxylation is 1. The molecule has 0 N–H and O–H groups in total. The van der Waals surface area contributed by atoms with E-state index >= 15 is 0 Å². The van der Waals surface area contributed by atoms with Crippen LogP contribution in [0.2, 0.25) is 0 Å². The Morgan fingerprint density at radius 3 is 2.67 bits per heavy atom. The van der Waals surface area contributed by atoms with Gasteiger partial charge < -0.3 is 9.32 Å². The van der Waals surface area contributed by atoms with Crippen LogP contribution >= 0.6 is 11.8 Å². The second kappa shape index (κ2) is 7.38. The molecule has 5 nitrogen and oxygen atoms in total. The number of piperidine rings is 1. The average Bonchev–Trinajstić information content (AvgIpc) is 3.01. The van der Waals surface area contributed by atoms with Crippen LogP contribution in [-0.4, -0.2) is 39.8 Å². The minimum absolute atomic E-state index is 0.147. The van der Waals surface area contributed by atoms with Crippen LogP contribution < -0.4 is 0 Å². The Bertz CT molecular complexity index is 706. The second-order valence-electron chi connectivity index (χ2n) is 6.72. The first kappa shape index (κ1) is 17.0. The molecule has 0 saturated carbocycles. The predicted octanol–water partition coefficient (Wildman–Crippen LogP) is 3.64. The molecule has 128 valence electrons. The van der Waals surface area contributed by atoms with Gasteiger partial charge in [0.1, 0.15) is 0 Å². The van der Waals surface area contributed by atoms with Crippen molar-refractivity contribution >= 4 is 17.7 Å². The summed E-state index contributed by atoms with van der Waals surface area (Å²) in [6.45, 7) is 8.11. The minimum Gasteiger partial charge on any atom is -0.411 e. The standard InChI is InChI=1S/C18H23N3O2S/c1-12-8-13(2)10-21(9-12)16(22)11-24-18-20-19-17(23-18)15-7-5-4-6-14(15)3/h4-7,12-13H,8-11H2,1-3H3/t12-,13+. The summed E-state index contributed by atoms with van der Waals surface area (Å²) in [5.74, 6) is 2.13. The molecule has 3 rings (SSSR count). The summed E-state index contributed by atoms with van der Waals surface area (Å²) < 4.78 is 5.70. The maximum atomic E-state index is 12.4. The van der Waals surface area contributed by atoms with Gasteiger partial charge in [-0.05, 0) is 36.8 Å². The van der Waals surface area contributed by atoms with Crippen LogP contribution in [0.5, 0.6) is 0 Å². The van der Waals surface area contributed by atoms with Crippen molar-refractivity contribution in [3.8, 4) is 11.5 Å². The van der Waals surface area contributed by atoms with Crippen molar-refractivity contribution in [3.05, 3.63) is 29.8 Å². The van der Waals surface area contributed by atoms with Crippen LogP contribution in [0.3, 0.4) is 0 Å². The van der Waals surface area contributed by atoms with Crippen LogP contribution in [0.4, 0.5) is 0 Å². The predicted molar refractivity (Wildman–Crippen MR) is 94.7 cm³/mol. The molecule has 1 saturated heterocycles. The zero-order chi connectivity index (χ0) is 17.1. The minimum atomic E-state index is 0.147. The van der Waals surface area contributed by atoms with E-state index in [4.69, 9.17) is 4.42 Å². The molecule has 24 heavy (non-hydrogen) atoms. The number of rotatable bonds is 4. The summed E-state index contributed by atoms with van der Waals surface area (Å²) in [5.41, 5.74) is 2.02. The van der Waals surface area contributed by atoms with Crippen molar-refractivity contribution in [2.45, 2.75) is 32.4 Å². The molecule has 1 amide bonds. The van der Waals surface area contributed by atoms with E-state index in [0.29, 0.717) is 28.7 Å². The lowest BCUT2D eigenvalue weighted by molar-refractivity contribution is -0.130. The van der Waals surface area contributed by atoms with Gasteiger partial charge in [0.2, 0.25) is 11.8 Å². The molecule has 0 radical (unpaired) electrons. The number of thioether (sulfide) groups is 1. The lowest BCUT2D eigenvalue weighted by Gasteiger charge is -2.34. The maximum absolute atomic E-state index is 12.4. The van der Waals surface area contributed by atoms with Gasteiger partial charge in [-0.25, -0.2) is 0 Å². The van der Waals surface area contributed by atoms with Gasteiger partial charge in [-0.2, -0.15) is 0 Å². The smallest absolute Gasteiger partial charge is 0.277 e. The third-order valence-electron chi connectivity index (χ3n) is 4.32. The number of likely N-dealkylation sites (tertiary alicyclic amines) is 1. The first-order valence-electron chi connectivity index (χ1n) is 8.33. The van der Waals surface area contributed by atoms with Crippen molar-refractivity contribution in [2.75, 3.05) is 18.8 Å². The van der Waals surface area contributed by atoms with E-state index in [1.807, 2.05) is 36.1 Å². The highest BCUT2D eigenvalue weighted by Crippen LogP contribution is 2.26. The number of nitrogens with zero attached hydrogens (tertiary/aromatic N) is 3. The number of hydrogen-bond acceptors (Lipinski definition) is 5. The highest BCUT2D eigenvalue weighted by atomic mass is 32.2. The van der Waals surface area contributed by atoms with Crippen molar-refractivity contribution in [1.29, 1.82) is 0 Å². The monoisotopic (exact) mass is 345 g/mol. The number of amides is 1. The third kappa shape index (κ3) is 3.98. The maximum Gasteiger partial charge on any atom is 0.277 e. The lowest BCUT2D eigenvalue weighted by Crippen LogP contribution is -2.43. The van der Waals surface area contributed by atoms with Gasteiger partial charge in [0, 0.05) is 18.7 Å². The van der Waals surface area contributed by atoms with Crippen LogP contribution in [-0.2, 0) is 4.79 Å². The molecule has 6 heteroatoms. The Morgan fingerprint density at radius 2 is 1.96 bits per heavy atom. The fourth-order valence-corrected chi connectivity index (χ4v) is 3.94. The first-order valence-corrected chi connectivity index (χ1v) is 9.31. The molecule has 0 spiro atoms. The molecule has 0 aliphatic carbocycles. The van der Waals surface area contributed by atoms with E-state index in [2.05, 4.69) is 24.0 Å². The number of carbonyl (C=O) groups excluding carboxylic acids is 1. The fraction of sp³-hybridized carbons (Fsp3) is 0.500. The zero-order valence-corrected chi connectivity index (χ0v) is 15.2. The Hall–Kier alpha value is -1.82. The molecular formula is C18H23N3O2S. The molecule has 2 atom stereocenters. The van der Waals surface area contributed by atoms with E-state index in [1.165, 1.54) is 18.2 Å². The summed E-state index contributed by atoms with van der Waals surface area (Å²) in [4.78, 5) is 14.4. The van der Waals surface area contributed by atoms with Crippen LogP contribution in [0, 0.1) is 18.8 Å². The second-order valence-corrected chi connectivity index (χ2v) is 7.65. The molecule has 1 fully saturated rings. The molecule has 2 aromatic rings. The molecule has 0 unspecified atom stereocenters. The summed E-state index contributed by atoms with van der Waals surface area (Å²) in [6, 6.07) is 7.89. The Balaban J connectivity index is 1.59. The average molecular weight is 345 g/mol. The zero-order valence-electron chi connectivity index (χ0n) is 14.4. The van der Waals surface area contributed by atoms with Gasteiger partial charge in [-0.3, -0.25) is 4.79 Å². The van der Waals surface area contributed by atoms with Crippen molar-refractivity contribution in [2.24, 2.45) is 11.8 Å². The third-order valence-corrected chi connectivity index (χ3v) is 5.13. The summed E-state index contributed by atoms with van der Waals surface area (Å²) in [7, 11) is 0. The van der Waals surface area contributed by atoms with Crippen LogP contribution in [0.25, 0.3) is 11.5 Å². The summed E-state index contributed by atoms with van der Waals surface area (Å²) in [6.07, 6.45) is 1.19. The van der Waals surface area contributed by atoms with Crippen LogP contribution in [0.1, 0.15) is 25.8 Å². The van der Waals surface area contributed by atoms with Gasteiger partial charge in [-0.15, -0.1) is 10.2 Å². The Morgan fingerprint density at radius 1 is 1.25 bits per heavy atom. The number of carbonyl (C=O) groups is 1. The number of aromatic nitrogens is 2. The topological polar surface area (TPSA) is 59.2 Å². The normalized spacial score (nSPS) is 21.0. The molecule has 2 heterocycles. The number of hydrogen-bond donors (Lipinski definition) is 0. The molecular weight excluding hydrogens is 322 g/mol. The van der Waals surface area contributed by atoms with E-state index in [1.54, 1.807) is 0 Å². The van der Waals surface area contributed by atoms with Crippen molar-refractivity contribution < 1.29 is 9.21 Å². The lowest BCUT2D eigenvalue weighted by atomic mass is 9.92. The number of benzene rings is 1. The Kier molecular flexibility index (Phi) is 5.23. The van der Waals surface area contributed by atoms with Gasteiger partial charge in [-0.1, -0.05) is 43.8 Å². The SMILES string of the molecule is Cc1ccccc1-c1nnc(SCC(=O)N2C[C@H](C)C[C@H](C)C2)o1. The van der Waals surface area contributed by atoms with E-state index in [0.717, 1.165) is 24.2 Å². The fourth-order valence-electron chi connectivity index (χ4n) is 3.27. The summed E-state index contributed by atoms with van der Waals surface area (Å²) >= 11 is 1.31. The Labute approximate surface area is 146 Å². The summed E-state index contributed by atoms with van der Waals surface area (Å²) in [5, 5.41) is 8.60. The quantitative estimate of drug-likeness (QED) is 0.792. The molecule has 1 aliphatic rings. The molecule has 1 aromatic carbocycles. The van der Waals surface area contributed by atoms with Crippen molar-refractivity contribution in [1.82, 2.24) is 15.1 Å². The highest BCUT2D eigenvalue weighted by molar-refractivity contribution is 7.99. The largest absolute Gasteiger partial charge is 0.411 e. The van der Waals surface area contributed by atoms with E-state index in [9.17, 15) is 4.79 Å². The van der Waals surface area contributed by atoms with Gasteiger partial charge >= 0.3 is 0 Å². The van der Waals surface area contributed by atoms with E-state index in [-0.39, 0.29) is 5.91 Å². The molecule has 1 aromatic heterocycles. The van der Waals surface area contributed by atoms with Crippen LogP contribution in [0.15, 0.2) is 33.9 Å². The molecule has 0 bridgehead atoms. The van der Waals surface area contributed by atoms with Gasteiger partial charge in [0.05, 0.1) is 5.75 Å². The van der Waals surface area contributed by atoms with E-state index < -0.39 is 0 Å². The van der Waals surface area contributed by atoms with Gasteiger partial charge in [0.15, 0.2) is 0 Å².